The molecular weight excluding hydrogens is 263 g/mol. The van der Waals surface area contributed by atoms with Gasteiger partial charge in [-0.15, -0.1) is 0 Å². The fourth-order valence-electron chi connectivity index (χ4n) is 0.718. The first-order valence-corrected chi connectivity index (χ1v) is 6.21. The summed E-state index contributed by atoms with van der Waals surface area (Å²) in [5, 5.41) is 0. The minimum Gasteiger partial charge on any atom is -0.497 e. The minimum absolute atomic E-state index is 0.00869. The lowest BCUT2D eigenvalue weighted by Gasteiger charge is -1.85. The molecule has 0 saturated heterocycles. The smallest absolute Gasteiger partial charge is 0.352 e. The summed E-state index contributed by atoms with van der Waals surface area (Å²) in [4.78, 5) is 0. The molecule has 2 heteroatoms. The molecule has 0 fully saturated rings. The minimum atomic E-state index is 0.00869. The molecule has 0 aliphatic heterocycles. The van der Waals surface area contributed by atoms with Gasteiger partial charge in [-0.3, -0.25) is 0 Å². The Bertz CT molecular complexity index is 231. The largest absolute Gasteiger partial charge is 0.497 e. The molecule has 12 heavy (non-hydrogen) atoms. The third kappa shape index (κ3) is 3.76. The molecule has 1 rings (SSSR count). The highest BCUT2D eigenvalue weighted by Gasteiger charge is 2.04. The van der Waals surface area contributed by atoms with Crippen LogP contribution in [0.3, 0.4) is 0 Å². The molecule has 0 bridgehead atoms. The van der Waals surface area contributed by atoms with Gasteiger partial charge >= 0.3 is 21.2 Å². The second kappa shape index (κ2) is 6.06. The lowest BCUT2D eigenvalue weighted by atomic mass is 10.4. The maximum Gasteiger partial charge on any atom is 0.352 e. The van der Waals surface area contributed by atoms with Crippen LogP contribution in [0.25, 0.3) is 0 Å². The number of rotatable bonds is 4. The van der Waals surface area contributed by atoms with E-state index in [9.17, 15) is 0 Å². The van der Waals surface area contributed by atoms with E-state index in [1.54, 1.807) is 6.26 Å². The Morgan fingerprint density at radius 3 is 2.75 bits per heavy atom. The molecule has 64 valence electrons. The van der Waals surface area contributed by atoms with Gasteiger partial charge < -0.3 is 4.74 Å². The molecule has 0 amide bonds. The van der Waals surface area contributed by atoms with E-state index in [2.05, 4.69) is 28.3 Å². The maximum absolute atomic E-state index is 5.10. The topological polar surface area (TPSA) is 9.23 Å². The quantitative estimate of drug-likeness (QED) is 0.529. The van der Waals surface area contributed by atoms with E-state index in [0.29, 0.717) is 0 Å². The van der Waals surface area contributed by atoms with Crippen LogP contribution in [-0.2, 0) is 4.74 Å². The van der Waals surface area contributed by atoms with E-state index >= 15 is 0 Å². The van der Waals surface area contributed by atoms with E-state index in [-0.39, 0.29) is 21.2 Å². The Morgan fingerprint density at radius 1 is 1.33 bits per heavy atom. The molecule has 0 unspecified atom stereocenters. The summed E-state index contributed by atoms with van der Waals surface area (Å²) in [6.07, 6.45) is 1.81. The zero-order valence-electron chi connectivity index (χ0n) is 7.03. The summed E-state index contributed by atoms with van der Waals surface area (Å²) in [5.41, 5.74) is 0. The van der Waals surface area contributed by atoms with Crippen LogP contribution in [0.4, 0.5) is 0 Å². The monoisotopic (exact) mass is 275 g/mol. The third-order valence-corrected chi connectivity index (χ3v) is 3.33. The van der Waals surface area contributed by atoms with Crippen LogP contribution in [0.15, 0.2) is 40.7 Å². The van der Waals surface area contributed by atoms with Crippen LogP contribution >= 0.6 is 0 Å². The summed E-state index contributed by atoms with van der Waals surface area (Å²) in [7, 11) is 0. The van der Waals surface area contributed by atoms with E-state index in [0.717, 1.165) is 6.61 Å². The Hall–Kier alpha value is -0.510. The first-order valence-electron chi connectivity index (χ1n) is 3.88. The van der Waals surface area contributed by atoms with E-state index in [1.165, 1.54) is 3.57 Å². The standard InChI is InChI=1S/C10H12IO/c1-2-12-9-8-11-10-6-4-3-5-7-10/h3-9H,2H2,1H3/q+1/b9-8-. The molecule has 0 heterocycles. The fraction of sp³-hybridized carbons (Fsp3) is 0.200. The van der Waals surface area contributed by atoms with Crippen molar-refractivity contribution in [3.63, 3.8) is 0 Å². The summed E-state index contributed by atoms with van der Waals surface area (Å²) in [6.45, 7) is 2.75. The molecule has 0 aromatic heterocycles. The van der Waals surface area contributed by atoms with Crippen LogP contribution < -0.4 is 21.2 Å². The van der Waals surface area contributed by atoms with Gasteiger partial charge in [-0.25, -0.2) is 0 Å². The second-order valence-corrected chi connectivity index (χ2v) is 4.71. The van der Waals surface area contributed by atoms with Crippen molar-refractivity contribution >= 4 is 0 Å². The molecule has 0 saturated carbocycles. The lowest BCUT2D eigenvalue weighted by molar-refractivity contribution is -0.558. The Morgan fingerprint density at radius 2 is 2.08 bits per heavy atom. The molecule has 0 aliphatic carbocycles. The zero-order valence-corrected chi connectivity index (χ0v) is 9.19. The average Bonchev–Trinajstić information content (AvgIpc) is 2.14. The molecular formula is C10H12IO+. The SMILES string of the molecule is CCO/C=C\[I+]c1ccccc1. The average molecular weight is 275 g/mol. The van der Waals surface area contributed by atoms with Crippen LogP contribution in [0, 0.1) is 3.57 Å². The highest BCUT2D eigenvalue weighted by atomic mass is 127. The number of ether oxygens (including phenoxy) is 1. The van der Waals surface area contributed by atoms with Gasteiger partial charge in [0.2, 0.25) is 0 Å². The van der Waals surface area contributed by atoms with Crippen molar-refractivity contribution in [1.29, 1.82) is 0 Å². The third-order valence-electron chi connectivity index (χ3n) is 1.24. The van der Waals surface area contributed by atoms with Gasteiger partial charge in [0.1, 0.15) is 6.26 Å². The van der Waals surface area contributed by atoms with Crippen molar-refractivity contribution in [1.82, 2.24) is 0 Å². The Balaban J connectivity index is 2.33. The van der Waals surface area contributed by atoms with Gasteiger partial charge in [0.05, 0.1) is 6.61 Å². The van der Waals surface area contributed by atoms with Crippen molar-refractivity contribution in [2.45, 2.75) is 6.92 Å². The molecule has 0 radical (unpaired) electrons. The first kappa shape index (κ1) is 9.58. The molecule has 1 aromatic rings. The number of halogens is 1. The van der Waals surface area contributed by atoms with Gasteiger partial charge in [0.25, 0.3) is 0 Å². The molecule has 0 atom stereocenters. The maximum atomic E-state index is 5.10. The van der Waals surface area contributed by atoms with E-state index in [1.807, 2.05) is 13.0 Å². The Labute approximate surface area is 83.7 Å². The van der Waals surface area contributed by atoms with Crippen molar-refractivity contribution in [3.8, 4) is 0 Å². The van der Waals surface area contributed by atoms with Crippen molar-refractivity contribution in [2.24, 2.45) is 0 Å². The predicted octanol–water partition coefficient (Wildman–Crippen LogP) is -0.547. The first-order chi connectivity index (χ1) is 5.93. The van der Waals surface area contributed by atoms with E-state index in [4.69, 9.17) is 4.74 Å². The molecule has 0 spiro atoms. The highest BCUT2D eigenvalue weighted by molar-refractivity contribution is 4.99. The van der Waals surface area contributed by atoms with Crippen LogP contribution in [0.2, 0.25) is 0 Å². The van der Waals surface area contributed by atoms with Crippen LogP contribution in [0.5, 0.6) is 0 Å². The zero-order chi connectivity index (χ0) is 8.65. The Kier molecular flexibility index (Phi) is 4.83. The molecule has 0 aliphatic rings. The summed E-state index contributed by atoms with van der Waals surface area (Å²) >= 11 is 0.00869. The van der Waals surface area contributed by atoms with Crippen LogP contribution in [-0.4, -0.2) is 6.61 Å². The van der Waals surface area contributed by atoms with Gasteiger partial charge in [-0.1, -0.05) is 18.2 Å². The summed E-state index contributed by atoms with van der Waals surface area (Å²) in [5.74, 6) is 0. The van der Waals surface area contributed by atoms with E-state index < -0.39 is 0 Å². The second-order valence-electron chi connectivity index (χ2n) is 2.12. The van der Waals surface area contributed by atoms with Gasteiger partial charge in [0, 0.05) is 0 Å². The molecule has 1 aromatic carbocycles. The van der Waals surface area contributed by atoms with Gasteiger partial charge in [-0.05, 0) is 19.1 Å². The van der Waals surface area contributed by atoms with Crippen molar-refractivity contribution in [3.05, 3.63) is 44.2 Å². The molecule has 1 nitrogen and oxygen atoms in total. The van der Waals surface area contributed by atoms with Gasteiger partial charge in [0.15, 0.2) is 7.65 Å². The highest BCUT2D eigenvalue weighted by Crippen LogP contribution is 1.81. The van der Waals surface area contributed by atoms with Gasteiger partial charge in [-0.2, -0.15) is 0 Å². The van der Waals surface area contributed by atoms with Crippen molar-refractivity contribution in [2.75, 3.05) is 6.61 Å². The summed E-state index contributed by atoms with van der Waals surface area (Å²) in [6, 6.07) is 10.5. The number of benzene rings is 1. The predicted molar refractivity (Wildman–Crippen MR) is 45.9 cm³/mol. The number of hydrogen-bond acceptors (Lipinski definition) is 1. The normalized spacial score (nSPS) is 10.4. The van der Waals surface area contributed by atoms with Crippen LogP contribution in [0.1, 0.15) is 6.92 Å². The molecule has 0 N–H and O–H groups in total. The van der Waals surface area contributed by atoms with Crippen molar-refractivity contribution < 1.29 is 25.9 Å². The summed E-state index contributed by atoms with van der Waals surface area (Å²) < 4.78 is 8.66. The fourth-order valence-corrected chi connectivity index (χ4v) is 2.32. The number of hydrogen-bond donors (Lipinski definition) is 0. The lowest BCUT2D eigenvalue weighted by Crippen LogP contribution is -3.59.